The summed E-state index contributed by atoms with van der Waals surface area (Å²) >= 11 is 0. The van der Waals surface area contributed by atoms with Crippen molar-refractivity contribution in [2.45, 2.75) is 6.92 Å². The topological polar surface area (TPSA) is 94.1 Å². The maximum absolute atomic E-state index is 12.8. The lowest BCUT2D eigenvalue weighted by Crippen LogP contribution is -2.33. The fourth-order valence-corrected chi connectivity index (χ4v) is 3.16. The van der Waals surface area contributed by atoms with Crippen molar-refractivity contribution >= 4 is 18.3 Å². The van der Waals surface area contributed by atoms with Gasteiger partial charge in [0.05, 0.1) is 21.2 Å². The zero-order valence-electron chi connectivity index (χ0n) is 15.6. The molecular formula is C22H17N3O4. The molecule has 144 valence electrons. The summed E-state index contributed by atoms with van der Waals surface area (Å²) in [7, 11) is 0. The average Bonchev–Trinajstić information content (AvgIpc) is 3.28. The third-order valence-corrected chi connectivity index (χ3v) is 4.62. The van der Waals surface area contributed by atoms with Crippen LogP contribution in [0.5, 0.6) is 0 Å². The van der Waals surface area contributed by atoms with E-state index in [4.69, 9.17) is 4.42 Å². The fourth-order valence-electron chi connectivity index (χ4n) is 3.16. The van der Waals surface area contributed by atoms with Crippen LogP contribution >= 0.6 is 0 Å². The number of H-pyrrole nitrogens is 1. The molecule has 7 heteroatoms. The van der Waals surface area contributed by atoms with E-state index in [-0.39, 0.29) is 11.2 Å². The summed E-state index contributed by atoms with van der Waals surface area (Å²) in [5.41, 5.74) is 1.99. The van der Waals surface area contributed by atoms with E-state index in [2.05, 4.69) is 11.7 Å². The molecule has 0 fully saturated rings. The van der Waals surface area contributed by atoms with Gasteiger partial charge < -0.3 is 4.42 Å². The van der Waals surface area contributed by atoms with Crippen LogP contribution in [0.2, 0.25) is 0 Å². The van der Waals surface area contributed by atoms with E-state index >= 15 is 0 Å². The number of aromatic nitrogens is 2. The Morgan fingerprint density at radius 3 is 2.59 bits per heavy atom. The summed E-state index contributed by atoms with van der Waals surface area (Å²) in [6.07, 6.45) is 1.63. The van der Waals surface area contributed by atoms with E-state index < -0.39 is 4.92 Å². The van der Waals surface area contributed by atoms with Crippen LogP contribution in [0.25, 0.3) is 29.7 Å². The van der Waals surface area contributed by atoms with Gasteiger partial charge >= 0.3 is 0 Å². The van der Waals surface area contributed by atoms with E-state index in [1.165, 1.54) is 16.8 Å². The molecule has 0 saturated heterocycles. The van der Waals surface area contributed by atoms with Gasteiger partial charge in [0, 0.05) is 17.7 Å². The molecule has 2 heterocycles. The number of nitrogens with one attached hydrogen (secondary N) is 1. The monoisotopic (exact) mass is 387 g/mol. The highest BCUT2D eigenvalue weighted by Crippen LogP contribution is 2.28. The number of furan rings is 1. The zero-order chi connectivity index (χ0) is 20.5. The second-order valence-corrected chi connectivity index (χ2v) is 6.58. The van der Waals surface area contributed by atoms with Crippen LogP contribution in [0.15, 0.2) is 69.9 Å². The average molecular weight is 387 g/mol. The molecule has 0 aliphatic carbocycles. The predicted molar refractivity (Wildman–Crippen MR) is 110 cm³/mol. The Kier molecular flexibility index (Phi) is 4.48. The lowest BCUT2D eigenvalue weighted by atomic mass is 10.1. The van der Waals surface area contributed by atoms with Gasteiger partial charge in [0.2, 0.25) is 0 Å². The number of benzene rings is 2. The first kappa shape index (κ1) is 18.2. The van der Waals surface area contributed by atoms with E-state index in [0.717, 1.165) is 11.1 Å². The van der Waals surface area contributed by atoms with E-state index in [1.807, 2.05) is 30.3 Å². The quantitative estimate of drug-likeness (QED) is 0.430. The van der Waals surface area contributed by atoms with Gasteiger partial charge in [0.1, 0.15) is 11.5 Å². The normalized spacial score (nSPS) is 11.7. The summed E-state index contributed by atoms with van der Waals surface area (Å²) in [6.45, 7) is 5.70. The number of nitro benzene ring substituents is 1. The molecule has 0 spiro atoms. The van der Waals surface area contributed by atoms with Crippen molar-refractivity contribution in [2.75, 3.05) is 0 Å². The van der Waals surface area contributed by atoms with Gasteiger partial charge in [-0.05, 0) is 48.9 Å². The van der Waals surface area contributed by atoms with Crippen LogP contribution in [0.4, 0.5) is 5.69 Å². The van der Waals surface area contributed by atoms with Gasteiger partial charge in [0.25, 0.3) is 11.2 Å². The molecule has 0 aliphatic heterocycles. The molecule has 7 nitrogen and oxygen atoms in total. The summed E-state index contributed by atoms with van der Waals surface area (Å²) in [5.74, 6) is 1.05. The molecule has 0 aliphatic rings. The molecule has 4 aromatic rings. The van der Waals surface area contributed by atoms with Gasteiger partial charge in [-0.1, -0.05) is 24.8 Å². The Morgan fingerprint density at radius 2 is 1.90 bits per heavy atom. The summed E-state index contributed by atoms with van der Waals surface area (Å²) < 4.78 is 7.29. The highest BCUT2D eigenvalue weighted by Gasteiger charge is 2.12. The first-order chi connectivity index (χ1) is 13.9. The molecule has 0 atom stereocenters. The Bertz CT molecular complexity index is 1380. The predicted octanol–water partition coefficient (Wildman–Crippen LogP) is 2.88. The number of hydrogen-bond donors (Lipinski definition) is 1. The van der Waals surface area contributed by atoms with Crippen LogP contribution < -0.4 is 16.1 Å². The SMILES string of the molecule is C=c1[nH]n(-c2ccccc2)c(=O)/c1=C\c1ccc(-c2ccc([N+](=O)[O-])cc2C)o1. The minimum Gasteiger partial charge on any atom is -0.457 e. The number of nitro groups is 1. The van der Waals surface area contributed by atoms with Gasteiger partial charge in [-0.2, -0.15) is 0 Å². The minimum atomic E-state index is -0.433. The smallest absolute Gasteiger partial charge is 0.279 e. The molecule has 0 bridgehead atoms. The van der Waals surface area contributed by atoms with E-state index in [0.29, 0.717) is 27.8 Å². The number of non-ortho nitro benzene ring substituents is 1. The number of nitrogens with zero attached hydrogens (tertiary/aromatic N) is 2. The number of rotatable bonds is 4. The van der Waals surface area contributed by atoms with E-state index in [9.17, 15) is 14.9 Å². The van der Waals surface area contributed by atoms with Gasteiger partial charge in [-0.3, -0.25) is 20.0 Å². The highest BCUT2D eigenvalue weighted by atomic mass is 16.6. The number of hydrogen-bond acceptors (Lipinski definition) is 4. The fraction of sp³-hybridized carbons (Fsp3) is 0.0455. The molecular weight excluding hydrogens is 370 g/mol. The van der Waals surface area contributed by atoms with Gasteiger partial charge in [0.15, 0.2) is 0 Å². The van der Waals surface area contributed by atoms with Crippen molar-refractivity contribution in [1.82, 2.24) is 9.78 Å². The van der Waals surface area contributed by atoms with Gasteiger partial charge in [-0.25, -0.2) is 4.68 Å². The van der Waals surface area contributed by atoms with Crippen molar-refractivity contribution in [2.24, 2.45) is 0 Å². The Labute approximate surface area is 165 Å². The maximum atomic E-state index is 12.8. The summed E-state index contributed by atoms with van der Waals surface area (Å²) in [6, 6.07) is 17.3. The second kappa shape index (κ2) is 7.12. The number of aryl methyl sites for hydroxylation is 1. The molecule has 0 amide bonds. The molecule has 1 N–H and O–H groups in total. The Balaban J connectivity index is 1.74. The van der Waals surface area contributed by atoms with Crippen LogP contribution in [-0.4, -0.2) is 14.7 Å². The summed E-state index contributed by atoms with van der Waals surface area (Å²) in [5, 5.41) is 14.8. The maximum Gasteiger partial charge on any atom is 0.279 e. The standard InChI is InChI=1S/C22H17N3O4/c1-14-12-17(25(27)28)8-10-19(14)21-11-9-18(29-21)13-20-15(2)23-24(22(20)26)16-6-4-3-5-7-16/h3-13,23H,2H2,1H3/b20-13-. The van der Waals surface area contributed by atoms with Crippen molar-refractivity contribution in [3.8, 4) is 17.0 Å². The van der Waals surface area contributed by atoms with Crippen molar-refractivity contribution in [3.05, 3.63) is 103 Å². The Morgan fingerprint density at radius 1 is 1.14 bits per heavy atom. The molecule has 29 heavy (non-hydrogen) atoms. The zero-order valence-corrected chi connectivity index (χ0v) is 15.6. The van der Waals surface area contributed by atoms with Crippen molar-refractivity contribution in [3.63, 3.8) is 0 Å². The van der Waals surface area contributed by atoms with Crippen LogP contribution in [0, 0.1) is 17.0 Å². The van der Waals surface area contributed by atoms with Crippen LogP contribution in [0.1, 0.15) is 11.3 Å². The largest absolute Gasteiger partial charge is 0.457 e. The second-order valence-electron chi connectivity index (χ2n) is 6.58. The minimum absolute atomic E-state index is 0.0278. The van der Waals surface area contributed by atoms with Crippen LogP contribution in [-0.2, 0) is 0 Å². The molecule has 0 saturated carbocycles. The van der Waals surface area contributed by atoms with E-state index in [1.54, 1.807) is 31.2 Å². The van der Waals surface area contributed by atoms with Crippen molar-refractivity contribution in [1.29, 1.82) is 0 Å². The first-order valence-electron chi connectivity index (χ1n) is 8.86. The molecule has 2 aromatic heterocycles. The number of aromatic amines is 1. The summed E-state index contributed by atoms with van der Waals surface area (Å²) in [4.78, 5) is 23.3. The molecule has 0 unspecified atom stereocenters. The van der Waals surface area contributed by atoms with Gasteiger partial charge in [-0.15, -0.1) is 0 Å². The lowest BCUT2D eigenvalue weighted by molar-refractivity contribution is -0.384. The highest BCUT2D eigenvalue weighted by molar-refractivity contribution is 5.65. The lowest BCUT2D eigenvalue weighted by Gasteiger charge is -2.02. The Hall–Kier alpha value is -4.13. The first-order valence-corrected chi connectivity index (χ1v) is 8.86. The number of para-hydroxylation sites is 1. The third kappa shape index (κ3) is 3.41. The molecule has 2 aromatic carbocycles. The third-order valence-electron chi connectivity index (χ3n) is 4.62. The molecule has 0 radical (unpaired) electrons. The van der Waals surface area contributed by atoms with Crippen molar-refractivity contribution < 1.29 is 9.34 Å². The van der Waals surface area contributed by atoms with Crippen LogP contribution in [0.3, 0.4) is 0 Å². The molecule has 4 rings (SSSR count).